The molecule has 0 heterocycles. The van der Waals surface area contributed by atoms with Crippen LogP contribution in [0.5, 0.6) is 0 Å². The van der Waals surface area contributed by atoms with Gasteiger partial charge < -0.3 is 10.6 Å². The van der Waals surface area contributed by atoms with Crippen LogP contribution in [0, 0.1) is 11.8 Å². The first kappa shape index (κ1) is 10.1. The normalized spacial score (nSPS) is 18.0. The van der Waals surface area contributed by atoms with Gasteiger partial charge in [0.2, 0.25) is 5.91 Å². The van der Waals surface area contributed by atoms with Crippen LogP contribution in [0.3, 0.4) is 0 Å². The van der Waals surface area contributed by atoms with Gasteiger partial charge >= 0.3 is 0 Å². The van der Waals surface area contributed by atoms with E-state index in [0.29, 0.717) is 6.54 Å². The SMILES string of the molecule is CC#CCNC(=O)C1(NC)CCC1. The lowest BCUT2D eigenvalue weighted by atomic mass is 9.76. The predicted octanol–water partition coefficient (Wildman–Crippen LogP) is 0.268. The van der Waals surface area contributed by atoms with Gasteiger partial charge in [-0.05, 0) is 33.2 Å². The molecule has 2 N–H and O–H groups in total. The van der Waals surface area contributed by atoms with E-state index in [9.17, 15) is 4.79 Å². The van der Waals surface area contributed by atoms with Gasteiger partial charge in [0.25, 0.3) is 0 Å². The Morgan fingerprint density at radius 3 is 2.62 bits per heavy atom. The van der Waals surface area contributed by atoms with Gasteiger partial charge in [0.1, 0.15) is 0 Å². The van der Waals surface area contributed by atoms with Crippen LogP contribution in [-0.2, 0) is 4.79 Å². The van der Waals surface area contributed by atoms with E-state index in [1.807, 2.05) is 7.05 Å². The average Bonchev–Trinajstić information content (AvgIpc) is 2.04. The molecule has 1 rings (SSSR count). The highest BCUT2D eigenvalue weighted by molar-refractivity contribution is 5.87. The Labute approximate surface area is 79.3 Å². The summed E-state index contributed by atoms with van der Waals surface area (Å²) in [6.07, 6.45) is 3.01. The fourth-order valence-corrected chi connectivity index (χ4v) is 1.50. The summed E-state index contributed by atoms with van der Waals surface area (Å²) in [5, 5.41) is 5.88. The van der Waals surface area contributed by atoms with E-state index in [4.69, 9.17) is 0 Å². The fourth-order valence-electron chi connectivity index (χ4n) is 1.50. The van der Waals surface area contributed by atoms with E-state index < -0.39 is 0 Å². The first-order valence-corrected chi connectivity index (χ1v) is 4.62. The molecule has 72 valence electrons. The van der Waals surface area contributed by atoms with Crippen LogP contribution in [0.2, 0.25) is 0 Å². The molecule has 3 heteroatoms. The third-order valence-electron chi connectivity index (χ3n) is 2.63. The molecule has 0 bridgehead atoms. The molecule has 0 radical (unpaired) electrons. The molecule has 0 aromatic carbocycles. The van der Waals surface area contributed by atoms with E-state index in [1.54, 1.807) is 6.92 Å². The van der Waals surface area contributed by atoms with Crippen molar-refractivity contribution in [1.29, 1.82) is 0 Å². The van der Waals surface area contributed by atoms with Crippen molar-refractivity contribution in [2.75, 3.05) is 13.6 Å². The molecule has 1 amide bonds. The van der Waals surface area contributed by atoms with E-state index in [-0.39, 0.29) is 11.4 Å². The summed E-state index contributed by atoms with van der Waals surface area (Å²) < 4.78 is 0. The van der Waals surface area contributed by atoms with Gasteiger partial charge in [0, 0.05) is 0 Å². The maximum atomic E-state index is 11.6. The second kappa shape index (κ2) is 4.29. The number of hydrogen-bond acceptors (Lipinski definition) is 2. The van der Waals surface area contributed by atoms with Gasteiger partial charge in [0.15, 0.2) is 0 Å². The Morgan fingerprint density at radius 2 is 2.23 bits per heavy atom. The zero-order valence-electron chi connectivity index (χ0n) is 8.24. The summed E-state index contributed by atoms with van der Waals surface area (Å²) in [4.78, 5) is 11.6. The minimum Gasteiger partial charge on any atom is -0.344 e. The van der Waals surface area contributed by atoms with Crippen LogP contribution in [0.1, 0.15) is 26.2 Å². The number of carbonyl (C=O) groups is 1. The highest BCUT2D eigenvalue weighted by Crippen LogP contribution is 2.31. The van der Waals surface area contributed by atoms with Gasteiger partial charge in [-0.3, -0.25) is 4.79 Å². The Kier molecular flexibility index (Phi) is 3.32. The van der Waals surface area contributed by atoms with Crippen molar-refractivity contribution in [1.82, 2.24) is 10.6 Å². The van der Waals surface area contributed by atoms with Crippen molar-refractivity contribution in [3.8, 4) is 11.8 Å². The predicted molar refractivity (Wildman–Crippen MR) is 52.1 cm³/mol. The highest BCUT2D eigenvalue weighted by atomic mass is 16.2. The molecule has 1 fully saturated rings. The lowest BCUT2D eigenvalue weighted by Gasteiger charge is -2.39. The number of carbonyl (C=O) groups excluding carboxylic acids is 1. The average molecular weight is 180 g/mol. The minimum atomic E-state index is -0.296. The molecular formula is C10H16N2O. The summed E-state index contributed by atoms with van der Waals surface area (Å²) in [5.74, 6) is 5.64. The van der Waals surface area contributed by atoms with Gasteiger partial charge in [-0.15, -0.1) is 5.92 Å². The standard InChI is InChI=1S/C10H16N2O/c1-3-4-8-12-9(13)10(11-2)6-5-7-10/h11H,5-8H2,1-2H3,(H,12,13). The second-order valence-electron chi connectivity index (χ2n) is 3.30. The maximum Gasteiger partial charge on any atom is 0.241 e. The monoisotopic (exact) mass is 180 g/mol. The molecule has 1 aliphatic carbocycles. The molecule has 0 aromatic rings. The molecule has 13 heavy (non-hydrogen) atoms. The largest absolute Gasteiger partial charge is 0.344 e. The van der Waals surface area contributed by atoms with Gasteiger partial charge in [0.05, 0.1) is 12.1 Å². The fraction of sp³-hybridized carbons (Fsp3) is 0.700. The van der Waals surface area contributed by atoms with Crippen LogP contribution >= 0.6 is 0 Å². The maximum absolute atomic E-state index is 11.6. The quantitative estimate of drug-likeness (QED) is 0.612. The van der Waals surface area contributed by atoms with Crippen LogP contribution in [0.15, 0.2) is 0 Å². The third-order valence-corrected chi connectivity index (χ3v) is 2.63. The van der Waals surface area contributed by atoms with Gasteiger partial charge in [-0.25, -0.2) is 0 Å². The van der Waals surface area contributed by atoms with E-state index in [1.165, 1.54) is 0 Å². The first-order chi connectivity index (χ1) is 6.25. The van der Waals surface area contributed by atoms with Crippen molar-refractivity contribution in [2.45, 2.75) is 31.7 Å². The van der Waals surface area contributed by atoms with Gasteiger partial charge in [-0.2, -0.15) is 0 Å². The van der Waals surface area contributed by atoms with Crippen LogP contribution in [0.4, 0.5) is 0 Å². The Bertz CT molecular complexity index is 240. The van der Waals surface area contributed by atoms with Crippen molar-refractivity contribution >= 4 is 5.91 Å². The molecule has 1 aliphatic rings. The van der Waals surface area contributed by atoms with E-state index in [2.05, 4.69) is 22.5 Å². The van der Waals surface area contributed by atoms with Crippen LogP contribution in [0.25, 0.3) is 0 Å². The molecule has 1 saturated carbocycles. The van der Waals surface area contributed by atoms with Gasteiger partial charge in [-0.1, -0.05) is 5.92 Å². The van der Waals surface area contributed by atoms with Crippen molar-refractivity contribution in [2.24, 2.45) is 0 Å². The molecule has 0 aromatic heterocycles. The highest BCUT2D eigenvalue weighted by Gasteiger charge is 2.42. The molecular weight excluding hydrogens is 164 g/mol. The Balaban J connectivity index is 2.40. The number of rotatable bonds is 3. The summed E-state index contributed by atoms with van der Waals surface area (Å²) in [7, 11) is 1.84. The molecule has 0 saturated heterocycles. The van der Waals surface area contributed by atoms with Crippen molar-refractivity contribution in [3.05, 3.63) is 0 Å². The summed E-state index contributed by atoms with van der Waals surface area (Å²) in [5.41, 5.74) is -0.296. The number of amides is 1. The third kappa shape index (κ3) is 2.02. The number of nitrogens with one attached hydrogen (secondary N) is 2. The molecule has 0 atom stereocenters. The topological polar surface area (TPSA) is 41.1 Å². The summed E-state index contributed by atoms with van der Waals surface area (Å²) >= 11 is 0. The molecule has 0 unspecified atom stereocenters. The zero-order chi connectivity index (χ0) is 9.73. The number of likely N-dealkylation sites (N-methyl/N-ethyl adjacent to an activating group) is 1. The Morgan fingerprint density at radius 1 is 1.54 bits per heavy atom. The van der Waals surface area contributed by atoms with Crippen molar-refractivity contribution < 1.29 is 4.79 Å². The number of hydrogen-bond donors (Lipinski definition) is 2. The minimum absolute atomic E-state index is 0.0870. The summed E-state index contributed by atoms with van der Waals surface area (Å²) in [6, 6.07) is 0. The van der Waals surface area contributed by atoms with Crippen LogP contribution in [-0.4, -0.2) is 25.0 Å². The molecule has 0 spiro atoms. The second-order valence-corrected chi connectivity index (χ2v) is 3.30. The Hall–Kier alpha value is -1.01. The van der Waals surface area contributed by atoms with Crippen LogP contribution < -0.4 is 10.6 Å². The van der Waals surface area contributed by atoms with E-state index >= 15 is 0 Å². The smallest absolute Gasteiger partial charge is 0.241 e. The lowest BCUT2D eigenvalue weighted by Crippen LogP contribution is -2.60. The first-order valence-electron chi connectivity index (χ1n) is 4.62. The van der Waals surface area contributed by atoms with E-state index in [0.717, 1.165) is 19.3 Å². The summed E-state index contributed by atoms with van der Waals surface area (Å²) in [6.45, 7) is 2.22. The molecule has 0 aliphatic heterocycles. The lowest BCUT2D eigenvalue weighted by molar-refractivity contribution is -0.130. The zero-order valence-corrected chi connectivity index (χ0v) is 8.24. The molecule has 3 nitrogen and oxygen atoms in total. The van der Waals surface area contributed by atoms with Crippen molar-refractivity contribution in [3.63, 3.8) is 0 Å².